The second kappa shape index (κ2) is 11.0. The van der Waals surface area contributed by atoms with Crippen LogP contribution in [0.25, 0.3) is 0 Å². The fourth-order valence-corrected chi connectivity index (χ4v) is 3.28. The van der Waals surface area contributed by atoms with Crippen LogP contribution in [-0.4, -0.2) is 12.0 Å². The first-order valence-corrected chi connectivity index (χ1v) is 10.7. The number of ether oxygens (including phenoxy) is 2. The molecule has 34 heavy (non-hydrogen) atoms. The van der Waals surface area contributed by atoms with E-state index in [2.05, 4.69) is 4.74 Å². The summed E-state index contributed by atoms with van der Waals surface area (Å²) >= 11 is 0. The Bertz CT molecular complexity index is 1200. The monoisotopic (exact) mass is 499 g/mol. The average Bonchev–Trinajstić information content (AvgIpc) is 2.84. The van der Waals surface area contributed by atoms with E-state index in [0.29, 0.717) is 0 Å². The van der Waals surface area contributed by atoms with Crippen molar-refractivity contribution in [1.82, 2.24) is 0 Å². The van der Waals surface area contributed by atoms with Crippen molar-refractivity contribution < 1.29 is 45.6 Å². The van der Waals surface area contributed by atoms with Crippen molar-refractivity contribution in [3.63, 3.8) is 0 Å². The van der Waals surface area contributed by atoms with Gasteiger partial charge in [-0.15, -0.1) is 0 Å². The number of rotatable bonds is 8. The van der Waals surface area contributed by atoms with Crippen LogP contribution in [0.4, 0.5) is 22.0 Å². The zero-order valence-electron chi connectivity index (χ0n) is 17.3. The van der Waals surface area contributed by atoms with Gasteiger partial charge >= 0.3 is 14.1 Å². The largest absolute Gasteiger partial charge is 0.575 e. The topological polar surface area (TPSA) is 80.2 Å². The summed E-state index contributed by atoms with van der Waals surface area (Å²) in [4.78, 5) is 24.3. The molecule has 12 heteroatoms. The van der Waals surface area contributed by atoms with Gasteiger partial charge in [-0.25, -0.2) is 18.0 Å². The van der Waals surface area contributed by atoms with Crippen LogP contribution in [0.1, 0.15) is 12.5 Å². The van der Waals surface area contributed by atoms with E-state index in [0.717, 1.165) is 17.7 Å². The van der Waals surface area contributed by atoms with E-state index in [4.69, 9.17) is 14.0 Å². The van der Waals surface area contributed by atoms with Crippen molar-refractivity contribution in [2.45, 2.75) is 19.6 Å². The average molecular weight is 499 g/mol. The molecule has 0 aliphatic carbocycles. The first-order chi connectivity index (χ1) is 16.2. The maximum atomic E-state index is 13.9. The van der Waals surface area contributed by atoms with Gasteiger partial charge in [0.15, 0.2) is 11.8 Å². The minimum absolute atomic E-state index is 0.0320. The van der Waals surface area contributed by atoms with Crippen LogP contribution in [-0.2, 0) is 16.1 Å². The van der Waals surface area contributed by atoms with E-state index in [-0.39, 0.29) is 12.4 Å². The predicted molar refractivity (Wildman–Crippen MR) is 108 cm³/mol. The summed E-state index contributed by atoms with van der Waals surface area (Å²) < 4.78 is 86.6. The summed E-state index contributed by atoms with van der Waals surface area (Å²) in [5, 5.41) is 0. The Kier molecular flexibility index (Phi) is 8.14. The molecule has 0 aromatic heterocycles. The fourth-order valence-electron chi connectivity index (χ4n) is 2.54. The van der Waals surface area contributed by atoms with Crippen LogP contribution in [0.5, 0.6) is 17.2 Å². The van der Waals surface area contributed by atoms with Gasteiger partial charge in [-0.05, 0) is 24.6 Å². The zero-order chi connectivity index (χ0) is 24.8. The second-order valence-electron chi connectivity index (χ2n) is 6.66. The molecular weight excluding hydrogens is 484 g/mol. The van der Waals surface area contributed by atoms with Crippen LogP contribution >= 0.6 is 8.17 Å². The normalized spacial score (nSPS) is 12.3. The highest BCUT2D eigenvalue weighted by Crippen LogP contribution is 2.39. The Balaban J connectivity index is 1.73. The minimum atomic E-state index is -2.92. The third-order valence-corrected chi connectivity index (χ3v) is 5.13. The SMILES string of the molecule is CC(N=[P+]([O-])Oc1ccccc1Oc1c(F)c(F)c(F)c(F)c1F)C(=O)OCc1ccccc1. The van der Waals surface area contributed by atoms with Gasteiger partial charge in [0, 0.05) is 0 Å². The van der Waals surface area contributed by atoms with E-state index >= 15 is 0 Å². The Morgan fingerprint density at radius 2 is 1.41 bits per heavy atom. The summed E-state index contributed by atoms with van der Waals surface area (Å²) in [6.45, 7) is 1.27. The van der Waals surface area contributed by atoms with Crippen LogP contribution in [0.15, 0.2) is 59.3 Å². The standard InChI is InChI=1S/C22H15F5NO5P/c1-12(22(29)31-11-13-7-3-2-4-8-13)28-34(30)33-15-10-6-5-9-14(15)32-21-19(26)17(24)16(23)18(25)20(21)27/h2-10,12H,11H2,1H3. The van der Waals surface area contributed by atoms with Crippen LogP contribution < -0.4 is 14.2 Å². The third kappa shape index (κ3) is 5.86. The van der Waals surface area contributed by atoms with Gasteiger partial charge < -0.3 is 14.4 Å². The van der Waals surface area contributed by atoms with E-state index in [1.807, 2.05) is 0 Å². The van der Waals surface area contributed by atoms with E-state index in [1.165, 1.54) is 19.1 Å². The highest BCUT2D eigenvalue weighted by atomic mass is 31.1. The number of esters is 1. The highest BCUT2D eigenvalue weighted by molar-refractivity contribution is 7.34. The summed E-state index contributed by atoms with van der Waals surface area (Å²) in [6, 6.07) is 12.5. The molecule has 0 bridgehead atoms. The van der Waals surface area contributed by atoms with Gasteiger partial charge in [0.2, 0.25) is 40.6 Å². The number of benzene rings is 3. The molecule has 0 amide bonds. The molecule has 2 atom stereocenters. The molecule has 0 aliphatic heterocycles. The number of hydrogen-bond acceptors (Lipinski definition) is 6. The van der Waals surface area contributed by atoms with E-state index in [9.17, 15) is 31.6 Å². The lowest BCUT2D eigenvalue weighted by Gasteiger charge is -2.11. The van der Waals surface area contributed by atoms with E-state index in [1.54, 1.807) is 30.3 Å². The van der Waals surface area contributed by atoms with Gasteiger partial charge in [-0.2, -0.15) is 8.78 Å². The molecule has 3 aromatic carbocycles. The summed E-state index contributed by atoms with van der Waals surface area (Å²) in [6.07, 6.45) is 0. The Hall–Kier alpha value is -3.56. The smallest absolute Gasteiger partial charge is 0.395 e. The first kappa shape index (κ1) is 25.1. The van der Waals surface area contributed by atoms with E-state index < -0.39 is 60.8 Å². The van der Waals surface area contributed by atoms with Gasteiger partial charge in [0.05, 0.1) is 0 Å². The molecule has 0 spiro atoms. The maximum Gasteiger partial charge on any atom is 0.395 e. The highest BCUT2D eigenvalue weighted by Gasteiger charge is 2.28. The lowest BCUT2D eigenvalue weighted by molar-refractivity contribution is -0.169. The Morgan fingerprint density at radius 3 is 2.03 bits per heavy atom. The number of hydrogen-bond donors (Lipinski definition) is 0. The lowest BCUT2D eigenvalue weighted by Crippen LogP contribution is -2.18. The van der Waals surface area contributed by atoms with Crippen molar-refractivity contribution in [2.75, 3.05) is 0 Å². The van der Waals surface area contributed by atoms with Crippen molar-refractivity contribution in [3.8, 4) is 17.2 Å². The molecule has 0 fully saturated rings. The van der Waals surface area contributed by atoms with Crippen molar-refractivity contribution >= 4 is 14.1 Å². The molecule has 0 N–H and O–H groups in total. The number of carbonyl (C=O) groups is 1. The molecule has 2 unspecified atom stereocenters. The molecule has 3 aromatic rings. The molecule has 3 rings (SSSR count). The number of nitrogens with zero attached hydrogens (tertiary/aromatic N) is 1. The lowest BCUT2D eigenvalue weighted by atomic mass is 10.2. The quantitative estimate of drug-likeness (QED) is 0.134. The Labute approximate surface area is 191 Å². The summed E-state index contributed by atoms with van der Waals surface area (Å²) in [5.41, 5.74) is 0.725. The molecule has 178 valence electrons. The maximum absolute atomic E-state index is 13.9. The number of halogens is 5. The summed E-state index contributed by atoms with van der Waals surface area (Å²) in [5.74, 6) is -14.4. The van der Waals surface area contributed by atoms with Gasteiger partial charge in [0.1, 0.15) is 6.61 Å². The second-order valence-corrected chi connectivity index (χ2v) is 7.55. The van der Waals surface area contributed by atoms with Crippen LogP contribution in [0.3, 0.4) is 0 Å². The van der Waals surface area contributed by atoms with Crippen LogP contribution in [0.2, 0.25) is 0 Å². The van der Waals surface area contributed by atoms with Crippen molar-refractivity contribution in [1.29, 1.82) is 0 Å². The summed E-state index contributed by atoms with van der Waals surface area (Å²) in [7, 11) is -2.92. The molecule has 0 radical (unpaired) electrons. The van der Waals surface area contributed by atoms with Gasteiger partial charge in [0.25, 0.3) is 0 Å². The first-order valence-electron chi connectivity index (χ1n) is 9.54. The number of para-hydroxylation sites is 2. The molecule has 0 saturated carbocycles. The molecular formula is C22H15F5NO5P. The molecule has 0 saturated heterocycles. The van der Waals surface area contributed by atoms with Gasteiger partial charge in [-0.3, -0.25) is 4.52 Å². The molecule has 0 aliphatic rings. The minimum Gasteiger partial charge on any atom is -0.575 e. The van der Waals surface area contributed by atoms with Crippen molar-refractivity contribution in [2.24, 2.45) is 4.74 Å². The van der Waals surface area contributed by atoms with Crippen LogP contribution in [0, 0.1) is 29.1 Å². The zero-order valence-corrected chi connectivity index (χ0v) is 18.2. The van der Waals surface area contributed by atoms with Gasteiger partial charge in [-0.1, -0.05) is 47.2 Å². The molecule has 6 nitrogen and oxygen atoms in total. The fraction of sp³-hybridized carbons (Fsp3) is 0.136. The Morgan fingerprint density at radius 1 is 0.882 bits per heavy atom. The molecule has 0 heterocycles. The third-order valence-electron chi connectivity index (χ3n) is 4.24. The predicted octanol–water partition coefficient (Wildman–Crippen LogP) is 5.54. The van der Waals surface area contributed by atoms with Crippen molar-refractivity contribution in [3.05, 3.63) is 89.2 Å². The number of carbonyl (C=O) groups excluding carboxylic acids is 1.